The first-order chi connectivity index (χ1) is 14.5. The van der Waals surface area contributed by atoms with Gasteiger partial charge in [-0.05, 0) is 31.1 Å². The smallest absolute Gasteiger partial charge is 0.254 e. The normalized spacial score (nSPS) is 17.6. The van der Waals surface area contributed by atoms with Gasteiger partial charge in [-0.15, -0.1) is 0 Å². The Hall–Kier alpha value is -3.68. The van der Waals surface area contributed by atoms with E-state index in [4.69, 9.17) is 4.98 Å². The topological polar surface area (TPSA) is 91.6 Å². The number of amides is 2. The van der Waals surface area contributed by atoms with Crippen LogP contribution >= 0.6 is 0 Å². The van der Waals surface area contributed by atoms with E-state index in [0.717, 1.165) is 35.6 Å². The Morgan fingerprint density at radius 1 is 1.23 bits per heavy atom. The van der Waals surface area contributed by atoms with E-state index in [2.05, 4.69) is 32.8 Å². The molecule has 2 fully saturated rings. The summed E-state index contributed by atoms with van der Waals surface area (Å²) in [5.41, 5.74) is 4.68. The fourth-order valence-corrected chi connectivity index (χ4v) is 3.52. The first-order valence-corrected chi connectivity index (χ1v) is 9.96. The third kappa shape index (κ3) is 3.41. The van der Waals surface area contributed by atoms with E-state index >= 15 is 0 Å². The Bertz CT molecular complexity index is 1210. The van der Waals surface area contributed by atoms with Gasteiger partial charge in [-0.25, -0.2) is 4.98 Å². The number of carbonyl (C=O) groups excluding carboxylic acids is 2. The number of aromatic nitrogens is 3. The quantitative estimate of drug-likeness (QED) is 0.503. The summed E-state index contributed by atoms with van der Waals surface area (Å²) in [6, 6.07) is 10.6. The van der Waals surface area contributed by atoms with E-state index in [9.17, 15) is 9.59 Å². The molecular formula is C22H22N6O2. The summed E-state index contributed by atoms with van der Waals surface area (Å²) in [4.78, 5) is 30.4. The first-order valence-electron chi connectivity index (χ1n) is 9.96. The van der Waals surface area contributed by atoms with E-state index < -0.39 is 0 Å². The number of carbonyl (C=O) groups is 2. The van der Waals surface area contributed by atoms with E-state index in [1.807, 2.05) is 32.3 Å². The maximum Gasteiger partial charge on any atom is 0.254 e. The molecule has 8 nitrogen and oxygen atoms in total. The van der Waals surface area contributed by atoms with Crippen molar-refractivity contribution in [3.63, 3.8) is 0 Å². The molecule has 1 aliphatic carbocycles. The standard InChI is InChI=1S/C22H22N6O2/c1-27(2)17-5-3-4-13(9-17)18-11-19(24-16-6-7-16)28-21(25-18)15(12-23-28)8-14-10-20(29)26-22(14)30/h3-5,8-9,11-12,16,24H,6-7,10H2,1-2H3,(H,26,29,30)/b14-8+. The van der Waals surface area contributed by atoms with Gasteiger partial charge in [0, 0.05) is 48.6 Å². The zero-order chi connectivity index (χ0) is 20.8. The molecule has 2 aliphatic rings. The van der Waals surface area contributed by atoms with Gasteiger partial charge >= 0.3 is 0 Å². The van der Waals surface area contributed by atoms with Gasteiger partial charge in [-0.1, -0.05) is 12.1 Å². The highest BCUT2D eigenvalue weighted by atomic mass is 16.2. The van der Waals surface area contributed by atoms with Crippen LogP contribution in [0.15, 0.2) is 42.1 Å². The second-order valence-electron chi connectivity index (χ2n) is 7.95. The number of fused-ring (bicyclic) bond motifs is 1. The summed E-state index contributed by atoms with van der Waals surface area (Å²) in [5, 5.41) is 10.3. The fourth-order valence-electron chi connectivity index (χ4n) is 3.52. The highest BCUT2D eigenvalue weighted by molar-refractivity contribution is 6.15. The molecule has 0 radical (unpaired) electrons. The van der Waals surface area contributed by atoms with Crippen molar-refractivity contribution >= 4 is 35.0 Å². The average Bonchev–Trinajstić information content (AvgIpc) is 3.36. The van der Waals surface area contributed by atoms with Crippen LogP contribution in [0, 0.1) is 0 Å². The zero-order valence-electron chi connectivity index (χ0n) is 16.8. The predicted molar refractivity (Wildman–Crippen MR) is 115 cm³/mol. The van der Waals surface area contributed by atoms with E-state index in [1.54, 1.807) is 16.8 Å². The van der Waals surface area contributed by atoms with Crippen LogP contribution in [0.1, 0.15) is 24.8 Å². The molecule has 0 atom stereocenters. The number of hydrogen-bond donors (Lipinski definition) is 2. The molecule has 30 heavy (non-hydrogen) atoms. The van der Waals surface area contributed by atoms with E-state index in [0.29, 0.717) is 22.8 Å². The van der Waals surface area contributed by atoms with Crippen LogP contribution < -0.4 is 15.5 Å². The monoisotopic (exact) mass is 402 g/mol. The van der Waals surface area contributed by atoms with Crippen molar-refractivity contribution < 1.29 is 9.59 Å². The number of rotatable bonds is 5. The van der Waals surface area contributed by atoms with Gasteiger partial charge in [-0.2, -0.15) is 9.61 Å². The van der Waals surface area contributed by atoms with Crippen LogP contribution in [0.4, 0.5) is 11.5 Å². The van der Waals surface area contributed by atoms with Gasteiger partial charge in [-0.3, -0.25) is 14.9 Å². The highest BCUT2D eigenvalue weighted by Gasteiger charge is 2.26. The van der Waals surface area contributed by atoms with Crippen LogP contribution in [0.5, 0.6) is 0 Å². The van der Waals surface area contributed by atoms with Crippen molar-refractivity contribution in [1.29, 1.82) is 0 Å². The number of nitrogens with zero attached hydrogens (tertiary/aromatic N) is 4. The third-order valence-corrected chi connectivity index (χ3v) is 5.31. The highest BCUT2D eigenvalue weighted by Crippen LogP contribution is 2.30. The molecular weight excluding hydrogens is 380 g/mol. The van der Waals surface area contributed by atoms with Crippen molar-refractivity contribution in [3.8, 4) is 11.3 Å². The molecule has 2 amide bonds. The Kier molecular flexibility index (Phi) is 4.27. The summed E-state index contributed by atoms with van der Waals surface area (Å²) in [7, 11) is 4.01. The molecule has 3 heterocycles. The lowest BCUT2D eigenvalue weighted by molar-refractivity contribution is -0.124. The summed E-state index contributed by atoms with van der Waals surface area (Å²) in [6.45, 7) is 0. The van der Waals surface area contributed by atoms with Crippen molar-refractivity contribution in [2.24, 2.45) is 0 Å². The van der Waals surface area contributed by atoms with Crippen LogP contribution in [0.2, 0.25) is 0 Å². The van der Waals surface area contributed by atoms with Crippen molar-refractivity contribution in [2.45, 2.75) is 25.3 Å². The van der Waals surface area contributed by atoms with Gasteiger partial charge in [0.25, 0.3) is 5.91 Å². The number of imide groups is 1. The first kappa shape index (κ1) is 18.4. The molecule has 0 unspecified atom stereocenters. The molecule has 0 bridgehead atoms. The SMILES string of the molecule is CN(C)c1cccc(-c2cc(NC3CC3)n3ncc(/C=C4\CC(=O)NC4=O)c3n2)c1. The number of nitrogens with one attached hydrogen (secondary N) is 2. The lowest BCUT2D eigenvalue weighted by atomic mass is 10.1. The number of hydrogen-bond acceptors (Lipinski definition) is 6. The summed E-state index contributed by atoms with van der Waals surface area (Å²) in [6.07, 6.45) is 5.74. The minimum atomic E-state index is -0.356. The second kappa shape index (κ2) is 6.98. The predicted octanol–water partition coefficient (Wildman–Crippen LogP) is 2.47. The molecule has 152 valence electrons. The Balaban J connectivity index is 1.65. The summed E-state index contributed by atoms with van der Waals surface area (Å²) < 4.78 is 1.76. The minimum absolute atomic E-state index is 0.0773. The van der Waals surface area contributed by atoms with Crippen LogP contribution in [-0.4, -0.2) is 46.5 Å². The second-order valence-corrected chi connectivity index (χ2v) is 7.95. The molecule has 3 aromatic rings. The lowest BCUT2D eigenvalue weighted by Crippen LogP contribution is -2.19. The maximum atomic E-state index is 12.0. The molecule has 0 spiro atoms. The van der Waals surface area contributed by atoms with E-state index in [1.165, 1.54) is 0 Å². The minimum Gasteiger partial charge on any atom is -0.378 e. The molecule has 8 heteroatoms. The average molecular weight is 402 g/mol. The largest absolute Gasteiger partial charge is 0.378 e. The molecule has 5 rings (SSSR count). The van der Waals surface area contributed by atoms with E-state index in [-0.39, 0.29) is 18.2 Å². The molecule has 1 saturated heterocycles. The zero-order valence-corrected chi connectivity index (χ0v) is 16.8. The van der Waals surface area contributed by atoms with Gasteiger partial charge in [0.2, 0.25) is 5.91 Å². The summed E-state index contributed by atoms with van der Waals surface area (Å²) in [5.74, 6) is 0.225. The lowest BCUT2D eigenvalue weighted by Gasteiger charge is -2.14. The van der Waals surface area contributed by atoms with Crippen molar-refractivity contribution in [3.05, 3.63) is 47.7 Å². The van der Waals surface area contributed by atoms with Gasteiger partial charge in [0.05, 0.1) is 18.3 Å². The van der Waals surface area contributed by atoms with Crippen molar-refractivity contribution in [2.75, 3.05) is 24.3 Å². The number of anilines is 2. The van der Waals surface area contributed by atoms with Crippen LogP contribution in [-0.2, 0) is 9.59 Å². The fraction of sp³-hybridized carbons (Fsp3) is 0.273. The maximum absolute atomic E-state index is 12.0. The molecule has 2 aromatic heterocycles. The van der Waals surface area contributed by atoms with Crippen molar-refractivity contribution in [1.82, 2.24) is 19.9 Å². The number of benzene rings is 1. The molecule has 1 aromatic carbocycles. The van der Waals surface area contributed by atoms with Gasteiger partial charge in [0.15, 0.2) is 5.65 Å². The molecule has 1 aliphatic heterocycles. The molecule has 1 saturated carbocycles. The van der Waals surface area contributed by atoms with Crippen LogP contribution in [0.25, 0.3) is 23.0 Å². The Morgan fingerprint density at radius 3 is 2.77 bits per heavy atom. The summed E-state index contributed by atoms with van der Waals surface area (Å²) >= 11 is 0. The molecule has 2 N–H and O–H groups in total. The van der Waals surface area contributed by atoms with Gasteiger partial charge in [0.1, 0.15) is 5.82 Å². The third-order valence-electron chi connectivity index (χ3n) is 5.31. The van der Waals surface area contributed by atoms with Gasteiger partial charge < -0.3 is 10.2 Å². The van der Waals surface area contributed by atoms with Crippen LogP contribution in [0.3, 0.4) is 0 Å². The Labute approximate surface area is 173 Å². The Morgan fingerprint density at radius 2 is 2.07 bits per heavy atom.